The molecule has 1 aromatic carbocycles. The van der Waals surface area contributed by atoms with Crippen molar-refractivity contribution in [1.82, 2.24) is 0 Å². The number of alkyl halides is 3. The van der Waals surface area contributed by atoms with E-state index in [2.05, 4.69) is 40.2 Å². The van der Waals surface area contributed by atoms with Gasteiger partial charge in [-0.15, -0.1) is 0 Å². The summed E-state index contributed by atoms with van der Waals surface area (Å²) in [6.07, 6.45) is 3.91. The van der Waals surface area contributed by atoms with E-state index < -0.39 is 12.6 Å². The molecule has 0 amide bonds. The Bertz CT molecular complexity index is 500. The molecule has 0 unspecified atom stereocenters. The lowest BCUT2D eigenvalue weighted by Crippen LogP contribution is -2.11. The Balaban J connectivity index is 1.83. The molecule has 0 nitrogen and oxygen atoms in total. The lowest BCUT2D eigenvalue weighted by atomic mass is 9.78. The zero-order valence-electron chi connectivity index (χ0n) is 13.3. The van der Waals surface area contributed by atoms with Crippen molar-refractivity contribution in [2.75, 3.05) is 0 Å². The minimum absolute atomic E-state index is 0.220. The van der Waals surface area contributed by atoms with Gasteiger partial charge in [0, 0.05) is 6.42 Å². The summed E-state index contributed by atoms with van der Waals surface area (Å²) in [6.45, 7) is 0. The number of hydrogen-bond acceptors (Lipinski definition) is 0. The van der Waals surface area contributed by atoms with Gasteiger partial charge in [0.05, 0.1) is 0 Å². The van der Waals surface area contributed by atoms with Crippen molar-refractivity contribution in [1.29, 1.82) is 0 Å². The number of hydrogen-bond donors (Lipinski definition) is 0. The number of aryl methyl sites for hydroxylation is 1. The van der Waals surface area contributed by atoms with Gasteiger partial charge in [0.25, 0.3) is 0 Å². The van der Waals surface area contributed by atoms with Gasteiger partial charge in [0.1, 0.15) is 0 Å². The number of benzene rings is 1. The van der Waals surface area contributed by atoms with E-state index in [1.807, 2.05) is 11.1 Å². The Labute approximate surface area is 145 Å². The fourth-order valence-electron chi connectivity index (χ4n) is 3.40. The van der Waals surface area contributed by atoms with E-state index in [1.165, 1.54) is 36.8 Å². The zero-order chi connectivity index (χ0) is 16.7. The summed E-state index contributed by atoms with van der Waals surface area (Å²) in [5.41, 5.74) is 2.53. The second-order valence-corrected chi connectivity index (χ2v) is 7.03. The van der Waals surface area contributed by atoms with E-state index >= 15 is 0 Å². The van der Waals surface area contributed by atoms with Crippen molar-refractivity contribution in [3.05, 3.63) is 46.5 Å². The van der Waals surface area contributed by atoms with Gasteiger partial charge in [0.15, 0.2) is 0 Å². The molecule has 0 spiro atoms. The molecule has 1 saturated carbocycles. The van der Waals surface area contributed by atoms with E-state index in [4.69, 9.17) is 0 Å². The van der Waals surface area contributed by atoms with Crippen LogP contribution < -0.4 is 0 Å². The van der Waals surface area contributed by atoms with Crippen LogP contribution in [0.4, 0.5) is 13.2 Å². The van der Waals surface area contributed by atoms with E-state index in [1.54, 1.807) is 0 Å². The highest BCUT2D eigenvalue weighted by atomic mass is 79.9. The quantitative estimate of drug-likeness (QED) is 0.454. The van der Waals surface area contributed by atoms with Crippen LogP contribution in [0.3, 0.4) is 0 Å². The molecule has 1 aliphatic carbocycles. The fraction of sp³-hybridized carbons (Fsp3) is 0.579. The molecule has 0 aromatic heterocycles. The molecule has 2 rings (SSSR count). The normalized spacial score (nSPS) is 22.6. The fourth-order valence-corrected chi connectivity index (χ4v) is 3.84. The Morgan fingerprint density at radius 2 is 1.83 bits per heavy atom. The Morgan fingerprint density at radius 3 is 2.48 bits per heavy atom. The number of allylic oxidation sites excluding steroid dienone is 1. The second kappa shape index (κ2) is 8.91. The third-order valence-corrected chi connectivity index (χ3v) is 5.02. The predicted molar refractivity (Wildman–Crippen MR) is 92.8 cm³/mol. The molecule has 0 saturated heterocycles. The molecule has 128 valence electrons. The zero-order valence-corrected chi connectivity index (χ0v) is 14.9. The molecule has 1 aliphatic rings. The maximum Gasteiger partial charge on any atom is 0.389 e. The minimum atomic E-state index is -4.02. The van der Waals surface area contributed by atoms with E-state index in [0.29, 0.717) is 18.3 Å². The highest BCUT2D eigenvalue weighted by molar-refractivity contribution is 9.11. The van der Waals surface area contributed by atoms with Gasteiger partial charge < -0.3 is 0 Å². The average molecular weight is 389 g/mol. The van der Waals surface area contributed by atoms with Crippen molar-refractivity contribution in [3.63, 3.8) is 0 Å². The largest absolute Gasteiger partial charge is 0.389 e. The smallest absolute Gasteiger partial charge is 0.171 e. The lowest BCUT2D eigenvalue weighted by molar-refractivity contribution is -0.135. The molecule has 1 aromatic rings. The first-order valence-corrected chi connectivity index (χ1v) is 9.32. The van der Waals surface area contributed by atoms with Crippen LogP contribution in [0.25, 0.3) is 0 Å². The van der Waals surface area contributed by atoms with Crippen molar-refractivity contribution < 1.29 is 13.2 Å². The topological polar surface area (TPSA) is 0 Å². The minimum Gasteiger partial charge on any atom is -0.171 e. The number of rotatable bonds is 6. The second-order valence-electron chi connectivity index (χ2n) is 6.50. The molecule has 0 bridgehead atoms. The SMILES string of the molecule is FC(F)(F)CCCCc1cccc(C2CCC(/C=C/Br)CC2)c1. The molecule has 23 heavy (non-hydrogen) atoms. The molecule has 1 fully saturated rings. The van der Waals surface area contributed by atoms with Gasteiger partial charge in [-0.2, -0.15) is 13.2 Å². The maximum atomic E-state index is 12.2. The molecule has 0 N–H and O–H groups in total. The highest BCUT2D eigenvalue weighted by Crippen LogP contribution is 2.36. The Morgan fingerprint density at radius 1 is 1.09 bits per heavy atom. The van der Waals surface area contributed by atoms with Gasteiger partial charge in [-0.25, -0.2) is 0 Å². The first kappa shape index (κ1) is 18.6. The number of halogens is 4. The third kappa shape index (κ3) is 6.70. The molecule has 4 heteroatoms. The number of unbranched alkanes of at least 4 members (excludes halogenated alkanes) is 1. The van der Waals surface area contributed by atoms with Crippen molar-refractivity contribution in [3.8, 4) is 0 Å². The lowest BCUT2D eigenvalue weighted by Gasteiger charge is -2.27. The van der Waals surface area contributed by atoms with Crippen LogP contribution >= 0.6 is 15.9 Å². The van der Waals surface area contributed by atoms with Crippen LogP contribution in [-0.4, -0.2) is 6.18 Å². The van der Waals surface area contributed by atoms with E-state index in [9.17, 15) is 13.2 Å². The summed E-state index contributed by atoms with van der Waals surface area (Å²) in [4.78, 5) is 1.96. The average Bonchev–Trinajstić information content (AvgIpc) is 2.52. The van der Waals surface area contributed by atoms with Crippen LogP contribution in [0.2, 0.25) is 0 Å². The summed E-state index contributed by atoms with van der Waals surface area (Å²) in [5.74, 6) is 1.28. The van der Waals surface area contributed by atoms with Crippen LogP contribution in [0, 0.1) is 5.92 Å². The molecule has 0 atom stereocenters. The molecular formula is C19H24BrF3. The summed E-state index contributed by atoms with van der Waals surface area (Å²) in [5, 5.41) is 0. The predicted octanol–water partition coefficient (Wildman–Crippen LogP) is 7.14. The molecule has 0 aliphatic heterocycles. The van der Waals surface area contributed by atoms with Crippen LogP contribution in [0.15, 0.2) is 35.3 Å². The van der Waals surface area contributed by atoms with Gasteiger partial charge in [-0.1, -0.05) is 46.3 Å². The van der Waals surface area contributed by atoms with Crippen LogP contribution in [0.1, 0.15) is 62.0 Å². The Kier molecular flexibility index (Phi) is 7.19. The summed E-state index contributed by atoms with van der Waals surface area (Å²) in [6, 6.07) is 8.47. The maximum absolute atomic E-state index is 12.2. The van der Waals surface area contributed by atoms with Crippen molar-refractivity contribution >= 4 is 15.9 Å². The monoisotopic (exact) mass is 388 g/mol. The van der Waals surface area contributed by atoms with Crippen LogP contribution in [-0.2, 0) is 6.42 Å². The first-order chi connectivity index (χ1) is 11.0. The van der Waals surface area contributed by atoms with Gasteiger partial charge in [-0.05, 0) is 72.9 Å². The van der Waals surface area contributed by atoms with Gasteiger partial charge in [0.2, 0.25) is 0 Å². The highest BCUT2D eigenvalue weighted by Gasteiger charge is 2.25. The standard InChI is InChI=1S/C19H24BrF3/c20-13-11-15-7-9-17(10-8-15)18-6-3-5-16(14-18)4-1-2-12-19(21,22)23/h3,5-6,11,13-15,17H,1-2,4,7-10,12H2/b13-11+. The van der Waals surface area contributed by atoms with Crippen molar-refractivity contribution in [2.45, 2.75) is 63.5 Å². The molecular weight excluding hydrogens is 365 g/mol. The molecule has 0 heterocycles. The summed E-state index contributed by atoms with van der Waals surface area (Å²) >= 11 is 3.35. The van der Waals surface area contributed by atoms with E-state index in [0.717, 1.165) is 6.42 Å². The van der Waals surface area contributed by atoms with E-state index in [-0.39, 0.29) is 6.42 Å². The first-order valence-electron chi connectivity index (χ1n) is 8.40. The van der Waals surface area contributed by atoms with Gasteiger partial charge >= 0.3 is 6.18 Å². The van der Waals surface area contributed by atoms with Crippen molar-refractivity contribution in [2.24, 2.45) is 5.92 Å². The summed E-state index contributed by atoms with van der Waals surface area (Å²) in [7, 11) is 0. The third-order valence-electron chi connectivity index (χ3n) is 4.71. The Hall–Kier alpha value is -0.770. The molecule has 0 radical (unpaired) electrons. The van der Waals surface area contributed by atoms with Crippen LogP contribution in [0.5, 0.6) is 0 Å². The summed E-state index contributed by atoms with van der Waals surface area (Å²) < 4.78 is 36.5. The van der Waals surface area contributed by atoms with Gasteiger partial charge in [-0.3, -0.25) is 0 Å².